The maximum Gasteiger partial charge on any atom is 0.397 e. The average molecular weight is 200 g/mol. The van der Waals surface area contributed by atoms with Crippen LogP contribution in [-0.4, -0.2) is 17.6 Å². The summed E-state index contributed by atoms with van der Waals surface area (Å²) in [5.74, 6) is -4.23. The first-order chi connectivity index (χ1) is 6.02. The highest BCUT2D eigenvalue weighted by molar-refractivity contribution is 6.02. The van der Waals surface area contributed by atoms with Crippen molar-refractivity contribution in [1.82, 2.24) is 0 Å². The number of hydrogen-bond acceptors (Lipinski definition) is 4. The van der Waals surface area contributed by atoms with E-state index < -0.39 is 24.0 Å². The van der Waals surface area contributed by atoms with Crippen LogP contribution in [0.5, 0.6) is 0 Å². The third-order valence-electron chi connectivity index (χ3n) is 1.38. The molecule has 0 atom stereocenters. The molecule has 13 heavy (non-hydrogen) atoms. The van der Waals surface area contributed by atoms with Gasteiger partial charge in [0.2, 0.25) is 0 Å². The Morgan fingerprint density at radius 2 is 1.62 bits per heavy atom. The fraction of sp³-hybridized carbons (Fsp3) is 0.667. The van der Waals surface area contributed by atoms with Gasteiger partial charge < -0.3 is 0 Å². The van der Waals surface area contributed by atoms with E-state index in [9.17, 15) is 23.0 Å². The standard InChI is InChI=1S/C6H7F3O4/c1-2-3-6(7,4(10)12-8)5(11)13-9/h2-3H2,1H3. The van der Waals surface area contributed by atoms with Gasteiger partial charge in [-0.25, -0.2) is 14.0 Å². The Morgan fingerprint density at radius 1 is 1.23 bits per heavy atom. The molecule has 0 amide bonds. The summed E-state index contributed by atoms with van der Waals surface area (Å²) >= 11 is 0. The lowest BCUT2D eigenvalue weighted by Gasteiger charge is -2.14. The predicted molar refractivity (Wildman–Crippen MR) is 33.1 cm³/mol. The van der Waals surface area contributed by atoms with Gasteiger partial charge in [0.25, 0.3) is 0 Å². The van der Waals surface area contributed by atoms with Gasteiger partial charge in [-0.3, -0.25) is 9.88 Å². The van der Waals surface area contributed by atoms with Crippen LogP contribution in [0.1, 0.15) is 19.8 Å². The van der Waals surface area contributed by atoms with Gasteiger partial charge in [0, 0.05) is 15.5 Å². The summed E-state index contributed by atoms with van der Waals surface area (Å²) < 4.78 is 35.7. The van der Waals surface area contributed by atoms with Crippen molar-refractivity contribution in [2.24, 2.45) is 0 Å². The number of alkyl halides is 1. The normalized spacial score (nSPS) is 10.8. The average Bonchev–Trinajstić information content (AvgIpc) is 2.15. The van der Waals surface area contributed by atoms with Crippen molar-refractivity contribution in [3.8, 4) is 0 Å². The first kappa shape index (κ1) is 11.7. The number of halogens is 3. The van der Waals surface area contributed by atoms with Gasteiger partial charge in [-0.15, -0.1) is 0 Å². The van der Waals surface area contributed by atoms with E-state index in [0.29, 0.717) is 0 Å². The largest absolute Gasteiger partial charge is 0.397 e. The van der Waals surface area contributed by atoms with Crippen molar-refractivity contribution in [3.05, 3.63) is 0 Å². The van der Waals surface area contributed by atoms with Crippen LogP contribution in [0.4, 0.5) is 13.4 Å². The van der Waals surface area contributed by atoms with Crippen LogP contribution in [0, 0.1) is 0 Å². The van der Waals surface area contributed by atoms with Crippen molar-refractivity contribution in [3.63, 3.8) is 0 Å². The topological polar surface area (TPSA) is 52.6 Å². The summed E-state index contributed by atoms with van der Waals surface area (Å²) in [5, 5.41) is 0. The first-order valence-corrected chi connectivity index (χ1v) is 3.37. The van der Waals surface area contributed by atoms with Crippen LogP contribution in [0.3, 0.4) is 0 Å². The van der Waals surface area contributed by atoms with Gasteiger partial charge in [0.05, 0.1) is 0 Å². The number of hydrogen-bond donors (Lipinski definition) is 0. The van der Waals surface area contributed by atoms with Crippen molar-refractivity contribution in [2.45, 2.75) is 25.4 Å². The monoisotopic (exact) mass is 200 g/mol. The molecule has 0 aliphatic heterocycles. The minimum atomic E-state index is -3.40. The molecular formula is C6H7F3O4. The third kappa shape index (κ3) is 2.33. The Bertz CT molecular complexity index is 190. The van der Waals surface area contributed by atoms with E-state index >= 15 is 0 Å². The quantitative estimate of drug-likeness (QED) is 0.642. The van der Waals surface area contributed by atoms with E-state index in [1.54, 1.807) is 0 Å². The van der Waals surface area contributed by atoms with Crippen molar-refractivity contribution in [1.29, 1.82) is 0 Å². The second-order valence-electron chi connectivity index (χ2n) is 2.28. The van der Waals surface area contributed by atoms with Crippen molar-refractivity contribution >= 4 is 11.9 Å². The van der Waals surface area contributed by atoms with Crippen LogP contribution in [0.25, 0.3) is 0 Å². The number of rotatable bonds is 4. The molecule has 0 N–H and O–H groups in total. The Hall–Kier alpha value is -1.27. The van der Waals surface area contributed by atoms with Crippen LogP contribution >= 0.6 is 0 Å². The van der Waals surface area contributed by atoms with Gasteiger partial charge in [0.1, 0.15) is 0 Å². The Labute approximate surface area is 71.4 Å². The fourth-order valence-electron chi connectivity index (χ4n) is 0.754. The summed E-state index contributed by atoms with van der Waals surface area (Å²) in [6.07, 6.45) is -0.695. The molecule has 0 saturated heterocycles. The number of carbonyl (C=O) groups is 2. The van der Waals surface area contributed by atoms with Gasteiger partial charge in [-0.1, -0.05) is 13.3 Å². The zero-order valence-electron chi connectivity index (χ0n) is 6.68. The van der Waals surface area contributed by atoms with E-state index in [0.717, 1.165) is 0 Å². The summed E-state index contributed by atoms with van der Waals surface area (Å²) in [4.78, 5) is 25.8. The smallest absolute Gasteiger partial charge is 0.250 e. The number of carbonyl (C=O) groups excluding carboxylic acids is 2. The van der Waals surface area contributed by atoms with Crippen LogP contribution in [0.15, 0.2) is 0 Å². The molecule has 4 nitrogen and oxygen atoms in total. The van der Waals surface area contributed by atoms with Crippen LogP contribution in [-0.2, 0) is 19.5 Å². The molecular weight excluding hydrogens is 193 g/mol. The molecule has 7 heteroatoms. The predicted octanol–water partition coefficient (Wildman–Crippen LogP) is 1.35. The summed E-state index contributed by atoms with van der Waals surface area (Å²) in [6.45, 7) is 1.41. The molecule has 0 unspecified atom stereocenters. The first-order valence-electron chi connectivity index (χ1n) is 3.37. The van der Waals surface area contributed by atoms with Gasteiger partial charge >= 0.3 is 17.6 Å². The Kier molecular flexibility index (Phi) is 4.22. The highest BCUT2D eigenvalue weighted by Gasteiger charge is 2.51. The minimum Gasteiger partial charge on any atom is -0.250 e. The molecule has 76 valence electrons. The molecule has 0 aliphatic rings. The molecule has 0 aromatic carbocycles. The molecule has 0 bridgehead atoms. The third-order valence-corrected chi connectivity index (χ3v) is 1.38. The lowest BCUT2D eigenvalue weighted by atomic mass is 10.0. The fourth-order valence-corrected chi connectivity index (χ4v) is 0.754. The summed E-state index contributed by atoms with van der Waals surface area (Å²) in [5.41, 5.74) is -3.40. The molecule has 0 aromatic heterocycles. The highest BCUT2D eigenvalue weighted by Crippen LogP contribution is 2.22. The van der Waals surface area contributed by atoms with E-state index in [2.05, 4.69) is 9.88 Å². The molecule has 0 aromatic rings. The van der Waals surface area contributed by atoms with E-state index in [1.807, 2.05) is 0 Å². The maximum atomic E-state index is 13.2. The van der Waals surface area contributed by atoms with Crippen LogP contribution < -0.4 is 0 Å². The molecule has 0 aliphatic carbocycles. The summed E-state index contributed by atoms with van der Waals surface area (Å²) in [6, 6.07) is 0. The lowest BCUT2D eigenvalue weighted by molar-refractivity contribution is -0.219. The molecule has 0 radical (unpaired) electrons. The molecule has 0 saturated carbocycles. The second kappa shape index (κ2) is 4.68. The van der Waals surface area contributed by atoms with E-state index in [4.69, 9.17) is 0 Å². The van der Waals surface area contributed by atoms with Crippen molar-refractivity contribution in [2.75, 3.05) is 0 Å². The van der Waals surface area contributed by atoms with Gasteiger partial charge in [-0.05, 0) is 0 Å². The highest BCUT2D eigenvalue weighted by atomic mass is 19.3. The van der Waals surface area contributed by atoms with Crippen LogP contribution in [0.2, 0.25) is 0 Å². The second-order valence-corrected chi connectivity index (χ2v) is 2.28. The molecule has 0 rings (SSSR count). The molecule has 0 fully saturated rings. The zero-order chi connectivity index (χ0) is 10.5. The molecule has 0 heterocycles. The van der Waals surface area contributed by atoms with Gasteiger partial charge in [-0.2, -0.15) is 0 Å². The van der Waals surface area contributed by atoms with E-state index in [1.165, 1.54) is 6.92 Å². The SMILES string of the molecule is CCCC(F)(C(=O)OF)C(=O)OF. The molecule has 0 spiro atoms. The van der Waals surface area contributed by atoms with Gasteiger partial charge in [0.15, 0.2) is 0 Å². The lowest BCUT2D eigenvalue weighted by Crippen LogP contribution is -2.43. The Balaban J connectivity index is 4.71. The zero-order valence-corrected chi connectivity index (χ0v) is 6.68. The summed E-state index contributed by atoms with van der Waals surface area (Å²) in [7, 11) is 0. The van der Waals surface area contributed by atoms with Crippen molar-refractivity contribution < 1.29 is 32.9 Å². The minimum absolute atomic E-state index is 0.0146. The van der Waals surface area contributed by atoms with E-state index in [-0.39, 0.29) is 6.42 Å². The maximum absolute atomic E-state index is 13.2. The Morgan fingerprint density at radius 3 is 1.85 bits per heavy atom.